The van der Waals surface area contributed by atoms with Crippen LogP contribution in [0.25, 0.3) is 0 Å². The van der Waals surface area contributed by atoms with Gasteiger partial charge in [-0.05, 0) is 48.5 Å². The Kier molecular flexibility index (Phi) is 6.54. The summed E-state index contributed by atoms with van der Waals surface area (Å²) in [6.07, 6.45) is 1.95. The van der Waals surface area contributed by atoms with Crippen LogP contribution in [0.3, 0.4) is 0 Å². The molecular formula is C17H34N4. The van der Waals surface area contributed by atoms with Crippen LogP contribution in [0, 0.1) is 0 Å². The van der Waals surface area contributed by atoms with Gasteiger partial charge in [0, 0.05) is 47.9 Å². The predicted molar refractivity (Wildman–Crippen MR) is 93.9 cm³/mol. The molecule has 0 fully saturated rings. The summed E-state index contributed by atoms with van der Waals surface area (Å²) >= 11 is 0. The van der Waals surface area contributed by atoms with Gasteiger partial charge in [-0.2, -0.15) is 0 Å². The minimum Gasteiger partial charge on any atom is -0.310 e. The second-order valence-corrected chi connectivity index (χ2v) is 7.79. The van der Waals surface area contributed by atoms with Crippen LogP contribution < -0.4 is 10.6 Å². The molecule has 4 heteroatoms. The maximum Gasteiger partial charge on any atom is 0.0539 e. The summed E-state index contributed by atoms with van der Waals surface area (Å²) in [5.74, 6) is 0. The van der Waals surface area contributed by atoms with E-state index < -0.39 is 0 Å². The van der Waals surface area contributed by atoms with Crippen molar-refractivity contribution in [3.05, 3.63) is 0 Å². The molecular weight excluding hydrogens is 260 g/mol. The molecule has 4 nitrogen and oxygen atoms in total. The van der Waals surface area contributed by atoms with Crippen LogP contribution in [0.15, 0.2) is 9.98 Å². The quantitative estimate of drug-likeness (QED) is 0.722. The van der Waals surface area contributed by atoms with Gasteiger partial charge in [0.1, 0.15) is 0 Å². The lowest BCUT2D eigenvalue weighted by Crippen LogP contribution is -2.47. The number of rotatable bonds is 0. The molecule has 0 bridgehead atoms. The van der Waals surface area contributed by atoms with E-state index in [1.54, 1.807) is 0 Å². The fourth-order valence-corrected chi connectivity index (χ4v) is 3.15. The molecule has 21 heavy (non-hydrogen) atoms. The second kappa shape index (κ2) is 7.50. The van der Waals surface area contributed by atoms with Crippen molar-refractivity contribution in [2.24, 2.45) is 9.98 Å². The van der Waals surface area contributed by atoms with Gasteiger partial charge in [0.2, 0.25) is 0 Å². The zero-order chi connectivity index (χ0) is 16.1. The van der Waals surface area contributed by atoms with Crippen molar-refractivity contribution in [1.82, 2.24) is 10.6 Å². The summed E-state index contributed by atoms with van der Waals surface area (Å²) in [5.41, 5.74) is 2.58. The monoisotopic (exact) mass is 294 g/mol. The molecule has 0 spiro atoms. The van der Waals surface area contributed by atoms with Crippen molar-refractivity contribution in [2.75, 3.05) is 19.6 Å². The molecule has 1 aliphatic rings. The van der Waals surface area contributed by atoms with Crippen LogP contribution in [0.2, 0.25) is 0 Å². The summed E-state index contributed by atoms with van der Waals surface area (Å²) in [4.78, 5) is 9.46. The Morgan fingerprint density at radius 3 is 2.19 bits per heavy atom. The summed E-state index contributed by atoms with van der Waals surface area (Å²) in [6.45, 7) is 18.0. The number of hydrogen-bond acceptors (Lipinski definition) is 4. The molecule has 0 aromatic rings. The van der Waals surface area contributed by atoms with Crippen molar-refractivity contribution in [1.29, 1.82) is 0 Å². The summed E-state index contributed by atoms with van der Waals surface area (Å²) < 4.78 is 0. The van der Waals surface area contributed by atoms with Crippen LogP contribution in [0.4, 0.5) is 0 Å². The molecule has 0 saturated heterocycles. The zero-order valence-electron chi connectivity index (χ0n) is 15.0. The molecule has 0 amide bonds. The highest BCUT2D eigenvalue weighted by Gasteiger charge is 2.22. The van der Waals surface area contributed by atoms with E-state index in [9.17, 15) is 0 Å². The van der Waals surface area contributed by atoms with Gasteiger partial charge >= 0.3 is 0 Å². The van der Waals surface area contributed by atoms with Gasteiger partial charge in [0.05, 0.1) is 13.1 Å². The largest absolute Gasteiger partial charge is 0.310 e. The number of aliphatic imine (C=N–C) groups is 2. The maximum absolute atomic E-state index is 4.76. The maximum atomic E-state index is 4.76. The van der Waals surface area contributed by atoms with E-state index >= 15 is 0 Å². The van der Waals surface area contributed by atoms with Crippen LogP contribution in [-0.2, 0) is 0 Å². The molecule has 1 rings (SSSR count). The number of nitrogens with zero attached hydrogens (tertiary/aromatic N) is 2. The Bertz CT molecular complexity index is 394. The van der Waals surface area contributed by atoms with Crippen LogP contribution in [0.5, 0.6) is 0 Å². The smallest absolute Gasteiger partial charge is 0.0539 e. The molecule has 1 aliphatic heterocycles. The van der Waals surface area contributed by atoms with Crippen molar-refractivity contribution in [3.63, 3.8) is 0 Å². The SMILES string of the molecule is CC1=NC[C@@H](C)NC(C)(C)CC(C)=NCCNC(C)(C)C1. The van der Waals surface area contributed by atoms with Crippen LogP contribution >= 0.6 is 0 Å². The number of nitrogens with one attached hydrogen (secondary N) is 2. The first kappa shape index (κ1) is 18.3. The van der Waals surface area contributed by atoms with Gasteiger partial charge in [-0.15, -0.1) is 0 Å². The van der Waals surface area contributed by atoms with Gasteiger partial charge in [-0.25, -0.2) is 0 Å². The van der Waals surface area contributed by atoms with Crippen LogP contribution in [-0.4, -0.2) is 48.2 Å². The van der Waals surface area contributed by atoms with E-state index in [0.29, 0.717) is 6.04 Å². The summed E-state index contributed by atoms with van der Waals surface area (Å²) in [5, 5.41) is 7.27. The normalized spacial score (nSPS) is 28.2. The first-order valence-corrected chi connectivity index (χ1v) is 8.12. The van der Waals surface area contributed by atoms with Gasteiger partial charge in [-0.1, -0.05) is 0 Å². The molecule has 0 aromatic heterocycles. The Balaban J connectivity index is 2.83. The highest BCUT2D eigenvalue weighted by Crippen LogP contribution is 2.13. The molecule has 2 N–H and O–H groups in total. The average Bonchev–Trinajstić information content (AvgIpc) is 2.29. The molecule has 1 heterocycles. The Labute approximate surface area is 130 Å². The second-order valence-electron chi connectivity index (χ2n) is 7.79. The first-order chi connectivity index (χ1) is 9.60. The third-order valence-corrected chi connectivity index (χ3v) is 3.76. The molecule has 0 unspecified atom stereocenters. The molecule has 122 valence electrons. The zero-order valence-corrected chi connectivity index (χ0v) is 15.0. The van der Waals surface area contributed by atoms with E-state index in [4.69, 9.17) is 9.98 Å². The lowest BCUT2D eigenvalue weighted by atomic mass is 9.96. The summed E-state index contributed by atoms with van der Waals surface area (Å²) in [7, 11) is 0. The minimum absolute atomic E-state index is 0.0627. The van der Waals surface area contributed by atoms with Gasteiger partial charge in [-0.3, -0.25) is 9.98 Å². The summed E-state index contributed by atoms with van der Waals surface area (Å²) in [6, 6.07) is 0.377. The van der Waals surface area contributed by atoms with Crippen LogP contribution in [0.1, 0.15) is 61.3 Å². The van der Waals surface area contributed by atoms with Gasteiger partial charge in [0.25, 0.3) is 0 Å². The highest BCUT2D eigenvalue weighted by molar-refractivity contribution is 5.83. The first-order valence-electron chi connectivity index (χ1n) is 8.12. The standard InChI is InChI=1S/C17H34N4/c1-13-11-17(6,7)21-15(3)12-19-14(2)10-16(4,5)20-9-8-18-13/h15,20-21H,8-12H2,1-7H3/t15-/m1/s1. The fourth-order valence-electron chi connectivity index (χ4n) is 3.15. The van der Waals surface area contributed by atoms with E-state index in [2.05, 4.69) is 59.1 Å². The molecule has 0 aromatic carbocycles. The molecule has 0 aliphatic carbocycles. The van der Waals surface area contributed by atoms with Crippen molar-refractivity contribution in [3.8, 4) is 0 Å². The van der Waals surface area contributed by atoms with Crippen molar-refractivity contribution >= 4 is 11.4 Å². The van der Waals surface area contributed by atoms with Crippen molar-refractivity contribution < 1.29 is 0 Å². The highest BCUT2D eigenvalue weighted by atomic mass is 15.0. The Morgan fingerprint density at radius 2 is 1.52 bits per heavy atom. The predicted octanol–water partition coefficient (Wildman–Crippen LogP) is 2.83. The topological polar surface area (TPSA) is 48.8 Å². The minimum atomic E-state index is 0.0627. The van der Waals surface area contributed by atoms with Gasteiger partial charge < -0.3 is 10.6 Å². The van der Waals surface area contributed by atoms with Crippen molar-refractivity contribution in [2.45, 2.75) is 78.4 Å². The van der Waals surface area contributed by atoms with E-state index in [1.165, 1.54) is 11.4 Å². The molecule has 1 atom stereocenters. The third-order valence-electron chi connectivity index (χ3n) is 3.76. The number of hydrogen-bond donors (Lipinski definition) is 2. The third kappa shape index (κ3) is 7.72. The van der Waals surface area contributed by atoms with E-state index in [-0.39, 0.29) is 11.1 Å². The van der Waals surface area contributed by atoms with E-state index in [0.717, 1.165) is 32.5 Å². The lowest BCUT2D eigenvalue weighted by molar-refractivity contribution is 0.355. The Hall–Kier alpha value is -0.740. The fraction of sp³-hybridized carbons (Fsp3) is 0.882. The lowest BCUT2D eigenvalue weighted by Gasteiger charge is -2.31. The Morgan fingerprint density at radius 1 is 0.952 bits per heavy atom. The molecule has 0 radical (unpaired) electrons. The average molecular weight is 294 g/mol. The van der Waals surface area contributed by atoms with Gasteiger partial charge in [0.15, 0.2) is 0 Å². The molecule has 0 saturated carbocycles. The van der Waals surface area contributed by atoms with E-state index in [1.807, 2.05) is 0 Å².